The van der Waals surface area contributed by atoms with Gasteiger partial charge in [-0.2, -0.15) is 5.26 Å². The predicted molar refractivity (Wildman–Crippen MR) is 88.7 cm³/mol. The molecular weight excluding hydrogens is 347 g/mol. The third kappa shape index (κ3) is 4.33. The van der Waals surface area contributed by atoms with E-state index in [-0.39, 0.29) is 22.8 Å². The van der Waals surface area contributed by atoms with Gasteiger partial charge in [0.1, 0.15) is 12.4 Å². The summed E-state index contributed by atoms with van der Waals surface area (Å²) < 4.78 is 44.7. The van der Waals surface area contributed by atoms with Gasteiger partial charge in [-0.1, -0.05) is 6.07 Å². The molecule has 0 radical (unpaired) electrons. The van der Waals surface area contributed by atoms with Crippen LogP contribution < -0.4 is 4.31 Å². The molecule has 0 aliphatic rings. The van der Waals surface area contributed by atoms with E-state index >= 15 is 0 Å². The van der Waals surface area contributed by atoms with Crippen LogP contribution in [0.4, 0.5) is 10.1 Å². The number of hydrogen-bond acceptors (Lipinski definition) is 5. The Labute approximate surface area is 145 Å². The molecule has 0 fully saturated rings. The molecule has 0 spiro atoms. The molecule has 2 rings (SSSR count). The van der Waals surface area contributed by atoms with E-state index in [2.05, 4.69) is 0 Å². The van der Waals surface area contributed by atoms with Gasteiger partial charge in [0, 0.05) is 0 Å². The van der Waals surface area contributed by atoms with E-state index in [4.69, 9.17) is 10.00 Å². The highest BCUT2D eigenvalue weighted by atomic mass is 32.2. The maximum atomic E-state index is 13.2. The number of carbonyl (C=O) groups excluding carboxylic acids is 1. The second-order valence-electron chi connectivity index (χ2n) is 4.93. The number of sulfonamides is 1. The van der Waals surface area contributed by atoms with Crippen molar-refractivity contribution in [3.63, 3.8) is 0 Å². The van der Waals surface area contributed by atoms with Gasteiger partial charge in [-0.05, 0) is 49.4 Å². The van der Waals surface area contributed by atoms with Crippen molar-refractivity contribution in [1.29, 1.82) is 5.26 Å². The number of hydrogen-bond donors (Lipinski definition) is 0. The van der Waals surface area contributed by atoms with Crippen LogP contribution in [0.2, 0.25) is 0 Å². The van der Waals surface area contributed by atoms with E-state index in [1.165, 1.54) is 36.4 Å². The van der Waals surface area contributed by atoms with Gasteiger partial charge in [0.25, 0.3) is 10.0 Å². The summed E-state index contributed by atoms with van der Waals surface area (Å²) in [7, 11) is -4.15. The van der Waals surface area contributed by atoms with Gasteiger partial charge in [0.15, 0.2) is 0 Å². The first-order valence-corrected chi connectivity index (χ1v) is 8.76. The first-order valence-electron chi connectivity index (χ1n) is 7.32. The third-order valence-corrected chi connectivity index (χ3v) is 5.01. The number of nitriles is 1. The highest BCUT2D eigenvalue weighted by Gasteiger charge is 2.28. The average Bonchev–Trinajstić information content (AvgIpc) is 2.61. The Morgan fingerprint density at radius 3 is 2.52 bits per heavy atom. The zero-order chi connectivity index (χ0) is 18.4. The molecule has 0 atom stereocenters. The monoisotopic (exact) mass is 362 g/mol. The van der Waals surface area contributed by atoms with E-state index < -0.39 is 28.4 Å². The van der Waals surface area contributed by atoms with Crippen LogP contribution in [0.5, 0.6) is 0 Å². The van der Waals surface area contributed by atoms with Gasteiger partial charge >= 0.3 is 5.97 Å². The number of nitrogens with zero attached hydrogens (tertiary/aromatic N) is 2. The summed E-state index contributed by atoms with van der Waals surface area (Å²) >= 11 is 0. The van der Waals surface area contributed by atoms with Crippen LogP contribution in [0.15, 0.2) is 53.4 Å². The summed E-state index contributed by atoms with van der Waals surface area (Å²) in [5, 5.41) is 8.96. The Balaban J connectivity index is 2.50. The van der Waals surface area contributed by atoms with Crippen molar-refractivity contribution in [3.8, 4) is 6.07 Å². The lowest BCUT2D eigenvalue weighted by molar-refractivity contribution is -0.141. The maximum absolute atomic E-state index is 13.2. The van der Waals surface area contributed by atoms with E-state index in [1.54, 1.807) is 6.92 Å². The lowest BCUT2D eigenvalue weighted by Gasteiger charge is -2.23. The topological polar surface area (TPSA) is 87.5 Å². The van der Waals surface area contributed by atoms with Crippen molar-refractivity contribution in [2.75, 3.05) is 17.5 Å². The second-order valence-corrected chi connectivity index (χ2v) is 6.80. The van der Waals surface area contributed by atoms with E-state index in [0.29, 0.717) is 0 Å². The number of benzene rings is 2. The number of esters is 1. The molecule has 0 saturated heterocycles. The minimum Gasteiger partial charge on any atom is -0.465 e. The molecule has 2 aromatic rings. The Hall–Kier alpha value is -2.92. The summed E-state index contributed by atoms with van der Waals surface area (Å²) in [5.41, 5.74) is 0.271. The minimum absolute atomic E-state index is 0.0973. The molecule has 130 valence electrons. The van der Waals surface area contributed by atoms with Crippen molar-refractivity contribution < 1.29 is 22.3 Å². The van der Waals surface area contributed by atoms with Crippen LogP contribution in [0.3, 0.4) is 0 Å². The first kappa shape index (κ1) is 18.4. The molecule has 0 heterocycles. The average molecular weight is 362 g/mol. The SMILES string of the molecule is CCOC(=O)CN(c1ccc(F)cc1)S(=O)(=O)c1cccc(C#N)c1. The van der Waals surface area contributed by atoms with Crippen LogP contribution in [0.25, 0.3) is 0 Å². The maximum Gasteiger partial charge on any atom is 0.326 e. The number of carbonyl (C=O) groups is 1. The molecule has 0 saturated carbocycles. The summed E-state index contributed by atoms with van der Waals surface area (Å²) in [6, 6.07) is 12.0. The van der Waals surface area contributed by atoms with Crippen LogP contribution >= 0.6 is 0 Å². The largest absolute Gasteiger partial charge is 0.465 e. The van der Waals surface area contributed by atoms with Crippen molar-refractivity contribution in [3.05, 3.63) is 59.9 Å². The fourth-order valence-corrected chi connectivity index (χ4v) is 3.56. The highest BCUT2D eigenvalue weighted by Crippen LogP contribution is 2.24. The lowest BCUT2D eigenvalue weighted by Crippen LogP contribution is -2.36. The fourth-order valence-electron chi connectivity index (χ4n) is 2.10. The molecule has 6 nitrogen and oxygen atoms in total. The molecule has 0 aliphatic heterocycles. The second kappa shape index (κ2) is 7.77. The number of ether oxygens (including phenoxy) is 1. The highest BCUT2D eigenvalue weighted by molar-refractivity contribution is 7.92. The van der Waals surface area contributed by atoms with Crippen LogP contribution in [0.1, 0.15) is 12.5 Å². The molecule has 0 bridgehead atoms. The summed E-state index contributed by atoms with van der Waals surface area (Å²) in [5.74, 6) is -1.28. The number of halogens is 1. The molecule has 0 N–H and O–H groups in total. The predicted octanol–water partition coefficient (Wildman–Crippen LogP) is 2.46. The zero-order valence-electron chi connectivity index (χ0n) is 13.3. The van der Waals surface area contributed by atoms with Gasteiger partial charge in [-0.3, -0.25) is 9.10 Å². The summed E-state index contributed by atoms with van der Waals surface area (Å²) in [4.78, 5) is 11.7. The van der Waals surface area contributed by atoms with Crippen molar-refractivity contribution in [2.24, 2.45) is 0 Å². The molecule has 2 aromatic carbocycles. The molecule has 8 heteroatoms. The molecule has 0 aliphatic carbocycles. The molecule has 25 heavy (non-hydrogen) atoms. The van der Waals surface area contributed by atoms with E-state index in [9.17, 15) is 17.6 Å². The lowest BCUT2D eigenvalue weighted by atomic mass is 10.2. The number of rotatable bonds is 6. The van der Waals surface area contributed by atoms with Gasteiger partial charge in [-0.15, -0.1) is 0 Å². The Kier molecular flexibility index (Phi) is 5.72. The van der Waals surface area contributed by atoms with Crippen LogP contribution in [-0.4, -0.2) is 27.5 Å². The van der Waals surface area contributed by atoms with Crippen LogP contribution in [0, 0.1) is 17.1 Å². The van der Waals surface area contributed by atoms with Gasteiger partial charge in [0.05, 0.1) is 28.8 Å². The van der Waals surface area contributed by atoms with Crippen molar-refractivity contribution in [2.45, 2.75) is 11.8 Å². The zero-order valence-corrected chi connectivity index (χ0v) is 14.2. The smallest absolute Gasteiger partial charge is 0.326 e. The molecule has 0 amide bonds. The van der Waals surface area contributed by atoms with Gasteiger partial charge in [0.2, 0.25) is 0 Å². The van der Waals surface area contributed by atoms with E-state index in [0.717, 1.165) is 16.4 Å². The molecular formula is C17H15FN2O4S. The Morgan fingerprint density at radius 2 is 1.92 bits per heavy atom. The first-order chi connectivity index (χ1) is 11.9. The summed E-state index contributed by atoms with van der Waals surface area (Å²) in [6.07, 6.45) is 0. The van der Waals surface area contributed by atoms with Crippen molar-refractivity contribution in [1.82, 2.24) is 0 Å². The number of anilines is 1. The molecule has 0 aromatic heterocycles. The normalized spacial score (nSPS) is 10.8. The Morgan fingerprint density at radius 1 is 1.24 bits per heavy atom. The van der Waals surface area contributed by atoms with E-state index in [1.807, 2.05) is 6.07 Å². The standard InChI is InChI=1S/C17H15FN2O4S/c1-2-24-17(21)12-20(15-8-6-14(18)7-9-15)25(22,23)16-5-3-4-13(10-16)11-19/h3-10H,2,12H2,1H3. The third-order valence-electron chi connectivity index (χ3n) is 3.24. The quantitative estimate of drug-likeness (QED) is 0.737. The Bertz CT molecular complexity index is 905. The van der Waals surface area contributed by atoms with Gasteiger partial charge < -0.3 is 4.74 Å². The minimum atomic E-state index is -4.15. The fraction of sp³-hybridized carbons (Fsp3) is 0.176. The van der Waals surface area contributed by atoms with Crippen LogP contribution in [-0.2, 0) is 19.6 Å². The van der Waals surface area contributed by atoms with Crippen molar-refractivity contribution >= 4 is 21.7 Å². The van der Waals surface area contributed by atoms with Gasteiger partial charge in [-0.25, -0.2) is 12.8 Å². The molecule has 0 unspecified atom stereocenters. The summed E-state index contributed by atoms with van der Waals surface area (Å²) in [6.45, 7) is 1.13.